The van der Waals surface area contributed by atoms with Gasteiger partial charge in [-0.1, -0.05) is 32.4 Å². The molecule has 1 aromatic heterocycles. The van der Waals surface area contributed by atoms with E-state index in [4.69, 9.17) is 11.6 Å². The van der Waals surface area contributed by atoms with Gasteiger partial charge in [-0.05, 0) is 39.0 Å². The summed E-state index contributed by atoms with van der Waals surface area (Å²) in [5.41, 5.74) is 0.636. The molecule has 1 amide bonds. The third-order valence-electron chi connectivity index (χ3n) is 3.53. The van der Waals surface area contributed by atoms with Gasteiger partial charge in [0, 0.05) is 11.5 Å². The van der Waals surface area contributed by atoms with Gasteiger partial charge in [-0.2, -0.15) is 5.10 Å². The summed E-state index contributed by atoms with van der Waals surface area (Å²) in [4.78, 5) is 12.5. The van der Waals surface area contributed by atoms with E-state index in [-0.39, 0.29) is 21.5 Å². The number of carbonyl (C=O) groups excluding carboxylic acids is 1. The maximum absolute atomic E-state index is 13.2. The second-order valence-corrected chi connectivity index (χ2v) is 8.23. The van der Waals surface area contributed by atoms with Gasteiger partial charge < -0.3 is 5.32 Å². The third kappa shape index (κ3) is 3.96. The number of benzene rings is 1. The number of amides is 1. The molecule has 130 valence electrons. The van der Waals surface area contributed by atoms with Crippen molar-refractivity contribution in [1.82, 2.24) is 9.78 Å². The molecular formula is C18H23ClFN3O. The Balaban J connectivity index is 2.41. The molecule has 4 nitrogen and oxygen atoms in total. The maximum atomic E-state index is 13.2. The lowest BCUT2D eigenvalue weighted by molar-refractivity contribution is 0.102. The number of nitrogens with zero attached hydrogens (tertiary/aromatic N) is 2. The highest BCUT2D eigenvalue weighted by Crippen LogP contribution is 2.29. The van der Waals surface area contributed by atoms with Crippen molar-refractivity contribution in [3.8, 4) is 0 Å². The van der Waals surface area contributed by atoms with Crippen LogP contribution in [0.1, 0.15) is 57.6 Å². The Hall–Kier alpha value is -1.88. The second-order valence-electron chi connectivity index (χ2n) is 7.83. The molecule has 0 saturated carbocycles. The number of hydrogen-bond acceptors (Lipinski definition) is 2. The van der Waals surface area contributed by atoms with Crippen LogP contribution in [-0.2, 0) is 11.0 Å². The van der Waals surface area contributed by atoms with E-state index in [1.807, 2.05) is 26.8 Å². The predicted molar refractivity (Wildman–Crippen MR) is 95.3 cm³/mol. The molecule has 6 heteroatoms. The molecule has 0 radical (unpaired) electrons. The minimum absolute atomic E-state index is 0.0744. The Morgan fingerprint density at radius 2 is 1.79 bits per heavy atom. The highest BCUT2D eigenvalue weighted by atomic mass is 35.5. The van der Waals surface area contributed by atoms with E-state index < -0.39 is 11.7 Å². The summed E-state index contributed by atoms with van der Waals surface area (Å²) in [6.07, 6.45) is 0. The van der Waals surface area contributed by atoms with Gasteiger partial charge in [-0.25, -0.2) is 9.07 Å². The summed E-state index contributed by atoms with van der Waals surface area (Å²) in [5, 5.41) is 7.56. The van der Waals surface area contributed by atoms with Gasteiger partial charge in [0.05, 0.1) is 21.8 Å². The molecule has 24 heavy (non-hydrogen) atoms. The lowest BCUT2D eigenvalue weighted by Gasteiger charge is -2.23. The number of rotatable bonds is 2. The zero-order chi connectivity index (χ0) is 18.3. The lowest BCUT2D eigenvalue weighted by Crippen LogP contribution is -2.27. The van der Waals surface area contributed by atoms with Gasteiger partial charge in [0.2, 0.25) is 0 Å². The van der Waals surface area contributed by atoms with Crippen LogP contribution in [0.4, 0.5) is 10.2 Å². The van der Waals surface area contributed by atoms with Crippen LogP contribution in [0.5, 0.6) is 0 Å². The quantitative estimate of drug-likeness (QED) is 0.829. The molecule has 1 aromatic carbocycles. The van der Waals surface area contributed by atoms with Gasteiger partial charge in [0.15, 0.2) is 0 Å². The fourth-order valence-corrected chi connectivity index (χ4v) is 2.46. The summed E-state index contributed by atoms with van der Waals surface area (Å²) >= 11 is 5.97. The number of halogens is 2. The first-order valence-electron chi connectivity index (χ1n) is 7.77. The normalized spacial score (nSPS) is 12.3. The van der Waals surface area contributed by atoms with E-state index in [0.29, 0.717) is 5.82 Å². The van der Waals surface area contributed by atoms with E-state index in [0.717, 1.165) is 11.8 Å². The molecule has 0 spiro atoms. The van der Waals surface area contributed by atoms with E-state index in [1.165, 1.54) is 12.1 Å². The van der Waals surface area contributed by atoms with Crippen molar-refractivity contribution in [2.75, 3.05) is 5.32 Å². The van der Waals surface area contributed by atoms with E-state index >= 15 is 0 Å². The first-order valence-corrected chi connectivity index (χ1v) is 8.15. The fraction of sp³-hybridized carbons (Fsp3) is 0.444. The highest BCUT2D eigenvalue weighted by Gasteiger charge is 2.26. The Morgan fingerprint density at radius 1 is 1.17 bits per heavy atom. The fourth-order valence-electron chi connectivity index (χ4n) is 2.21. The number of anilines is 1. The van der Waals surface area contributed by atoms with E-state index in [1.54, 1.807) is 4.68 Å². The summed E-state index contributed by atoms with van der Waals surface area (Å²) in [6, 6.07) is 5.57. The van der Waals surface area contributed by atoms with Crippen LogP contribution in [-0.4, -0.2) is 15.7 Å². The minimum Gasteiger partial charge on any atom is -0.307 e. The Morgan fingerprint density at radius 3 is 2.29 bits per heavy atom. The zero-order valence-corrected chi connectivity index (χ0v) is 15.6. The van der Waals surface area contributed by atoms with Gasteiger partial charge >= 0.3 is 0 Å². The number of hydrogen-bond donors (Lipinski definition) is 1. The molecule has 0 bridgehead atoms. The molecule has 2 rings (SSSR count). The molecule has 0 aliphatic carbocycles. The zero-order valence-electron chi connectivity index (χ0n) is 14.9. The summed E-state index contributed by atoms with van der Waals surface area (Å²) in [7, 11) is 0. The molecule has 2 aromatic rings. The van der Waals surface area contributed by atoms with Crippen molar-refractivity contribution in [3.05, 3.63) is 46.4 Å². The van der Waals surface area contributed by atoms with Gasteiger partial charge in [0.25, 0.3) is 5.91 Å². The Bertz CT molecular complexity index is 770. The van der Waals surface area contributed by atoms with Crippen LogP contribution >= 0.6 is 11.6 Å². The van der Waals surface area contributed by atoms with Gasteiger partial charge in [-0.3, -0.25) is 4.79 Å². The second kappa shape index (κ2) is 6.20. The van der Waals surface area contributed by atoms with Crippen molar-refractivity contribution in [2.24, 2.45) is 0 Å². The van der Waals surface area contributed by atoms with Crippen molar-refractivity contribution < 1.29 is 9.18 Å². The molecule has 0 aliphatic rings. The van der Waals surface area contributed by atoms with Crippen molar-refractivity contribution in [2.45, 2.75) is 52.5 Å². The molecule has 1 heterocycles. The largest absolute Gasteiger partial charge is 0.307 e. The minimum atomic E-state index is -0.480. The number of carbonyl (C=O) groups is 1. The monoisotopic (exact) mass is 351 g/mol. The van der Waals surface area contributed by atoms with Crippen molar-refractivity contribution >= 4 is 23.3 Å². The molecular weight excluding hydrogens is 329 g/mol. The molecule has 1 N–H and O–H groups in total. The standard InChI is InChI=1S/C18H23ClFN3O/c1-17(2,3)14-10-15(23(22-14)18(4,5)6)21-16(24)12-8-7-11(20)9-13(12)19/h7-10H,1-6H3,(H,21,24). The maximum Gasteiger partial charge on any atom is 0.258 e. The molecule has 0 fully saturated rings. The van der Waals surface area contributed by atoms with Crippen LogP contribution in [0.25, 0.3) is 0 Å². The van der Waals surface area contributed by atoms with Crippen LogP contribution in [0, 0.1) is 5.82 Å². The smallest absolute Gasteiger partial charge is 0.258 e. The van der Waals surface area contributed by atoms with Crippen LogP contribution in [0.3, 0.4) is 0 Å². The summed E-state index contributed by atoms with van der Waals surface area (Å²) in [5.74, 6) is -0.296. The number of aromatic nitrogens is 2. The van der Waals surface area contributed by atoms with Gasteiger partial charge in [0.1, 0.15) is 11.6 Å². The first-order chi connectivity index (χ1) is 10.9. The predicted octanol–water partition coefficient (Wildman–Crippen LogP) is 4.98. The highest BCUT2D eigenvalue weighted by molar-refractivity contribution is 6.34. The Labute approximate surface area is 147 Å². The average Bonchev–Trinajstić information content (AvgIpc) is 2.82. The van der Waals surface area contributed by atoms with E-state index in [9.17, 15) is 9.18 Å². The van der Waals surface area contributed by atoms with Crippen molar-refractivity contribution in [1.29, 1.82) is 0 Å². The molecule has 0 saturated heterocycles. The van der Waals surface area contributed by atoms with Crippen LogP contribution < -0.4 is 5.32 Å². The van der Waals surface area contributed by atoms with Crippen molar-refractivity contribution in [3.63, 3.8) is 0 Å². The molecule has 0 unspecified atom stereocenters. The summed E-state index contributed by atoms with van der Waals surface area (Å²) < 4.78 is 14.9. The van der Waals surface area contributed by atoms with Gasteiger partial charge in [-0.15, -0.1) is 0 Å². The van der Waals surface area contributed by atoms with Crippen LogP contribution in [0.15, 0.2) is 24.3 Å². The molecule has 0 aliphatic heterocycles. The summed E-state index contributed by atoms with van der Waals surface area (Å²) in [6.45, 7) is 12.2. The average molecular weight is 352 g/mol. The first kappa shape index (κ1) is 18.5. The van der Waals surface area contributed by atoms with Crippen LogP contribution in [0.2, 0.25) is 5.02 Å². The van der Waals surface area contributed by atoms with E-state index in [2.05, 4.69) is 31.2 Å². The third-order valence-corrected chi connectivity index (χ3v) is 3.84. The Kier molecular flexibility index (Phi) is 4.77. The SMILES string of the molecule is CC(C)(C)c1cc(NC(=O)c2ccc(F)cc2Cl)n(C(C)(C)C)n1. The number of nitrogens with one attached hydrogen (secondary N) is 1. The molecule has 0 atom stereocenters. The topological polar surface area (TPSA) is 46.9 Å². The lowest BCUT2D eigenvalue weighted by atomic mass is 9.92.